The number of hydrogen-bond acceptors (Lipinski definition) is 9. The van der Waals surface area contributed by atoms with E-state index >= 15 is 0 Å². The molecule has 0 saturated carbocycles. The predicted molar refractivity (Wildman–Crippen MR) is 105 cm³/mol. The average molecular weight is 412 g/mol. The van der Waals surface area contributed by atoms with Crippen molar-refractivity contribution in [2.75, 3.05) is 12.0 Å². The molecular formula is C18H16N6O4S. The Kier molecular flexibility index (Phi) is 5.12. The summed E-state index contributed by atoms with van der Waals surface area (Å²) in [6.45, 7) is 1.99. The Morgan fingerprint density at radius 1 is 1.24 bits per heavy atom. The van der Waals surface area contributed by atoms with Crippen molar-refractivity contribution in [2.45, 2.75) is 23.4 Å². The zero-order valence-corrected chi connectivity index (χ0v) is 16.1. The topological polar surface area (TPSA) is 125 Å². The smallest absolute Gasteiger partial charge is 0.322 e. The maximum absolute atomic E-state index is 12.6. The summed E-state index contributed by atoms with van der Waals surface area (Å²) in [6, 6.07) is 9.20. The lowest BCUT2D eigenvalue weighted by Crippen LogP contribution is -2.39. The molecule has 10 nitrogen and oxygen atoms in total. The maximum Gasteiger partial charge on any atom is 0.322 e. The van der Waals surface area contributed by atoms with Gasteiger partial charge in [-0.3, -0.25) is 19.9 Å². The number of rotatable bonds is 5. The van der Waals surface area contributed by atoms with Crippen LogP contribution in [-0.2, 0) is 9.53 Å². The molecule has 3 heterocycles. The summed E-state index contributed by atoms with van der Waals surface area (Å²) in [6.07, 6.45) is 3.31. The number of carbonyl (C=O) groups is 1. The van der Waals surface area contributed by atoms with Crippen LogP contribution in [0.15, 0.2) is 53.9 Å². The van der Waals surface area contributed by atoms with Gasteiger partial charge in [0.05, 0.1) is 17.6 Å². The van der Waals surface area contributed by atoms with E-state index in [1.54, 1.807) is 36.1 Å². The molecule has 0 spiro atoms. The molecule has 0 aliphatic carbocycles. The molecule has 0 amide bonds. The Hall–Kier alpha value is -3.47. The Morgan fingerprint density at radius 3 is 2.62 bits per heavy atom. The van der Waals surface area contributed by atoms with Crippen molar-refractivity contribution in [3.63, 3.8) is 0 Å². The number of nitrogens with one attached hydrogen (secondary N) is 1. The number of nitro benzene ring substituents is 1. The van der Waals surface area contributed by atoms with Gasteiger partial charge in [-0.2, -0.15) is 0 Å². The molecule has 0 bridgehead atoms. The van der Waals surface area contributed by atoms with Crippen LogP contribution in [0.4, 0.5) is 5.69 Å². The number of nitro groups is 1. The normalized spacial score (nSPS) is 17.8. The molecule has 11 heteroatoms. The fourth-order valence-electron chi connectivity index (χ4n) is 3.00. The fourth-order valence-corrected chi connectivity index (χ4v) is 4.08. The van der Waals surface area contributed by atoms with Crippen LogP contribution in [-0.4, -0.2) is 42.6 Å². The number of esters is 1. The van der Waals surface area contributed by atoms with E-state index in [4.69, 9.17) is 4.74 Å². The first kappa shape index (κ1) is 18.9. The van der Waals surface area contributed by atoms with Crippen molar-refractivity contribution in [2.24, 2.45) is 0 Å². The molecule has 29 heavy (non-hydrogen) atoms. The molecule has 0 unspecified atom stereocenters. The Balaban J connectivity index is 1.73. The van der Waals surface area contributed by atoms with Gasteiger partial charge in [0.1, 0.15) is 5.25 Å². The van der Waals surface area contributed by atoms with Crippen LogP contribution in [0.5, 0.6) is 0 Å². The van der Waals surface area contributed by atoms with Crippen LogP contribution in [0.1, 0.15) is 18.5 Å². The van der Waals surface area contributed by atoms with Crippen molar-refractivity contribution in [1.29, 1.82) is 0 Å². The molecule has 1 aliphatic rings. The second-order valence-electron chi connectivity index (χ2n) is 6.12. The number of non-ortho nitro benzene ring substituents is 1. The van der Waals surface area contributed by atoms with Crippen LogP contribution < -0.4 is 5.43 Å². The number of aromatic nitrogens is 4. The van der Waals surface area contributed by atoms with Crippen molar-refractivity contribution in [3.05, 3.63) is 64.5 Å². The van der Waals surface area contributed by atoms with Crippen LogP contribution in [0, 0.1) is 10.1 Å². The van der Waals surface area contributed by atoms with E-state index < -0.39 is 22.2 Å². The maximum atomic E-state index is 12.6. The lowest BCUT2D eigenvalue weighted by Gasteiger charge is -2.32. The number of ether oxygens (including phenoxy) is 1. The van der Waals surface area contributed by atoms with E-state index in [1.807, 2.05) is 12.1 Å². The zero-order chi connectivity index (χ0) is 20.4. The summed E-state index contributed by atoms with van der Waals surface area (Å²) in [5.41, 5.74) is 4.78. The second-order valence-corrected chi connectivity index (χ2v) is 7.23. The highest BCUT2D eigenvalue weighted by Gasteiger charge is 2.39. The molecule has 148 valence electrons. The summed E-state index contributed by atoms with van der Waals surface area (Å²) in [4.78, 5) is 27.1. The van der Waals surface area contributed by atoms with Gasteiger partial charge in [-0.05, 0) is 24.6 Å². The highest BCUT2D eigenvalue weighted by atomic mass is 32.2. The molecule has 2 aromatic heterocycles. The number of thioether (sulfide) groups is 1. The Labute approximate surface area is 169 Å². The molecule has 1 aromatic carbocycles. The van der Waals surface area contributed by atoms with Gasteiger partial charge in [0.15, 0.2) is 5.82 Å². The summed E-state index contributed by atoms with van der Waals surface area (Å²) in [7, 11) is 0. The van der Waals surface area contributed by atoms with Crippen LogP contribution >= 0.6 is 11.8 Å². The molecule has 0 radical (unpaired) electrons. The minimum atomic E-state index is -0.626. The quantitative estimate of drug-likeness (QED) is 0.382. The largest absolute Gasteiger partial charge is 0.465 e. The summed E-state index contributed by atoms with van der Waals surface area (Å²) in [5, 5.41) is 19.3. The number of fused-ring (bicyclic) bond motifs is 1. The van der Waals surface area contributed by atoms with Crippen LogP contribution in [0.2, 0.25) is 0 Å². The van der Waals surface area contributed by atoms with E-state index in [0.29, 0.717) is 16.5 Å². The minimum absolute atomic E-state index is 0.0210. The number of nitrogens with zero attached hydrogens (tertiary/aromatic N) is 5. The van der Waals surface area contributed by atoms with Crippen molar-refractivity contribution < 1.29 is 14.5 Å². The van der Waals surface area contributed by atoms with Gasteiger partial charge in [-0.1, -0.05) is 23.9 Å². The van der Waals surface area contributed by atoms with Crippen molar-refractivity contribution in [1.82, 2.24) is 19.9 Å². The van der Waals surface area contributed by atoms with Gasteiger partial charge in [-0.25, -0.2) is 4.68 Å². The molecule has 3 aromatic rings. The highest BCUT2D eigenvalue weighted by Crippen LogP contribution is 2.39. The van der Waals surface area contributed by atoms with Gasteiger partial charge in [0, 0.05) is 30.1 Å². The number of pyridine rings is 1. The van der Waals surface area contributed by atoms with Gasteiger partial charge in [-0.15, -0.1) is 10.2 Å². The van der Waals surface area contributed by atoms with E-state index in [1.165, 1.54) is 23.9 Å². The third kappa shape index (κ3) is 3.63. The van der Waals surface area contributed by atoms with E-state index in [9.17, 15) is 14.9 Å². The molecule has 0 saturated heterocycles. The first-order valence-electron chi connectivity index (χ1n) is 8.78. The second kappa shape index (κ2) is 7.87. The van der Waals surface area contributed by atoms with E-state index in [2.05, 4.69) is 20.6 Å². The van der Waals surface area contributed by atoms with Gasteiger partial charge < -0.3 is 10.2 Å². The van der Waals surface area contributed by atoms with E-state index in [-0.39, 0.29) is 12.3 Å². The number of hydrogen-bond donors (Lipinski definition) is 1. The third-order valence-corrected chi connectivity index (χ3v) is 5.55. The first-order chi connectivity index (χ1) is 14.1. The molecule has 2 atom stereocenters. The molecule has 4 rings (SSSR count). The fraction of sp³-hybridized carbons (Fsp3) is 0.222. The Morgan fingerprint density at radius 2 is 1.97 bits per heavy atom. The number of benzene rings is 1. The van der Waals surface area contributed by atoms with Gasteiger partial charge >= 0.3 is 5.97 Å². The molecule has 0 fully saturated rings. The first-order valence-corrected chi connectivity index (χ1v) is 9.66. The van der Waals surface area contributed by atoms with Crippen LogP contribution in [0.3, 0.4) is 0 Å². The van der Waals surface area contributed by atoms with Crippen molar-refractivity contribution in [3.8, 4) is 11.4 Å². The van der Waals surface area contributed by atoms with E-state index in [0.717, 1.165) is 5.56 Å². The van der Waals surface area contributed by atoms with Gasteiger partial charge in [0.25, 0.3) is 5.69 Å². The summed E-state index contributed by atoms with van der Waals surface area (Å²) < 4.78 is 6.94. The third-order valence-electron chi connectivity index (χ3n) is 4.36. The Bertz CT molecular complexity index is 1040. The summed E-state index contributed by atoms with van der Waals surface area (Å²) >= 11 is 1.24. The lowest BCUT2D eigenvalue weighted by molar-refractivity contribution is -0.384. The standard InChI is InChI=1S/C18H16N6O4S/c1-2-28-17(25)15-14(11-3-5-13(6-4-11)24(26)27)22-23-16(20-21-18(23)29-15)12-7-9-19-10-8-12/h3-10,14-15,22H,2H2,1H3/t14-,15-/m1/s1. The number of carbonyl (C=O) groups excluding carboxylic acids is 1. The molecular weight excluding hydrogens is 396 g/mol. The zero-order valence-electron chi connectivity index (χ0n) is 15.3. The van der Waals surface area contributed by atoms with Crippen molar-refractivity contribution >= 4 is 23.4 Å². The summed E-state index contributed by atoms with van der Waals surface area (Å²) in [5.74, 6) is 0.178. The minimum Gasteiger partial charge on any atom is -0.465 e. The monoisotopic (exact) mass is 412 g/mol. The lowest BCUT2D eigenvalue weighted by atomic mass is 10.0. The SMILES string of the molecule is CCOC(=O)[C@@H]1Sc2nnc(-c3ccncc3)n2N[C@@H]1c1ccc([N+](=O)[O-])cc1. The molecule has 1 N–H and O–H groups in total. The molecule has 1 aliphatic heterocycles. The predicted octanol–water partition coefficient (Wildman–Crippen LogP) is 2.57. The van der Waals surface area contributed by atoms with Gasteiger partial charge in [0.2, 0.25) is 5.16 Å². The average Bonchev–Trinajstić information content (AvgIpc) is 3.16. The highest BCUT2D eigenvalue weighted by molar-refractivity contribution is 8.00. The van der Waals surface area contributed by atoms with Crippen LogP contribution in [0.25, 0.3) is 11.4 Å².